The Balaban J connectivity index is 2.04. The molecule has 1 fully saturated rings. The summed E-state index contributed by atoms with van der Waals surface area (Å²) >= 11 is 0. The zero-order chi connectivity index (χ0) is 15.2. The van der Waals surface area contributed by atoms with Gasteiger partial charge in [0.25, 0.3) is 0 Å². The number of nitrogens with zero attached hydrogens (tertiary/aromatic N) is 1. The highest BCUT2D eigenvalue weighted by Crippen LogP contribution is 2.46. The summed E-state index contributed by atoms with van der Waals surface area (Å²) in [6.07, 6.45) is -1.88. The molecule has 114 valence electrons. The molecule has 2 aromatic rings. The first-order valence-corrected chi connectivity index (χ1v) is 7.40. The van der Waals surface area contributed by atoms with E-state index in [2.05, 4.69) is 9.97 Å². The Labute approximate surface area is 121 Å². The van der Waals surface area contributed by atoms with Crippen molar-refractivity contribution in [2.24, 2.45) is 5.92 Å². The number of imidazole rings is 1. The lowest BCUT2D eigenvalue weighted by Crippen LogP contribution is -2.32. The van der Waals surface area contributed by atoms with Crippen molar-refractivity contribution in [1.29, 1.82) is 0 Å². The fourth-order valence-corrected chi connectivity index (χ4v) is 3.52. The number of H-pyrrole nitrogens is 1. The zero-order valence-corrected chi connectivity index (χ0v) is 12.2. The summed E-state index contributed by atoms with van der Waals surface area (Å²) in [6, 6.07) is 3.96. The summed E-state index contributed by atoms with van der Waals surface area (Å²) in [5, 5.41) is 0. The molecule has 1 saturated carbocycles. The summed E-state index contributed by atoms with van der Waals surface area (Å²) < 4.78 is 39.7. The Morgan fingerprint density at radius 3 is 2.57 bits per heavy atom. The first-order valence-electron chi connectivity index (χ1n) is 7.40. The lowest BCUT2D eigenvalue weighted by molar-refractivity contribution is -0.187. The highest BCUT2D eigenvalue weighted by atomic mass is 19.4. The van der Waals surface area contributed by atoms with E-state index in [1.54, 1.807) is 0 Å². The number of halogens is 3. The van der Waals surface area contributed by atoms with Crippen LogP contribution in [0.15, 0.2) is 12.1 Å². The van der Waals surface area contributed by atoms with E-state index in [4.69, 9.17) is 0 Å². The van der Waals surface area contributed by atoms with Gasteiger partial charge in [0.05, 0.1) is 17.0 Å². The first kappa shape index (κ1) is 14.4. The summed E-state index contributed by atoms with van der Waals surface area (Å²) in [6.45, 7) is 3.92. The van der Waals surface area contributed by atoms with Crippen LogP contribution in [0.3, 0.4) is 0 Å². The van der Waals surface area contributed by atoms with Crippen molar-refractivity contribution in [3.05, 3.63) is 29.1 Å². The maximum atomic E-state index is 13.2. The number of rotatable bonds is 1. The third kappa shape index (κ3) is 2.65. The van der Waals surface area contributed by atoms with Gasteiger partial charge in [0, 0.05) is 5.92 Å². The number of hydrogen-bond acceptors (Lipinski definition) is 1. The lowest BCUT2D eigenvalue weighted by Gasteiger charge is -2.31. The van der Waals surface area contributed by atoms with E-state index in [1.165, 1.54) is 0 Å². The Bertz CT molecular complexity index is 657. The van der Waals surface area contributed by atoms with Crippen molar-refractivity contribution in [2.45, 2.75) is 51.6 Å². The van der Waals surface area contributed by atoms with Gasteiger partial charge < -0.3 is 4.98 Å². The van der Waals surface area contributed by atoms with Crippen molar-refractivity contribution >= 4 is 11.0 Å². The summed E-state index contributed by atoms with van der Waals surface area (Å²) in [5.74, 6) is -1.31. The molecule has 1 aromatic carbocycles. The number of aromatic nitrogens is 2. The van der Waals surface area contributed by atoms with Crippen molar-refractivity contribution in [2.75, 3.05) is 0 Å². The fourth-order valence-electron chi connectivity index (χ4n) is 3.52. The van der Waals surface area contributed by atoms with Gasteiger partial charge in [0.1, 0.15) is 5.82 Å². The third-order valence-electron chi connectivity index (χ3n) is 4.48. The molecule has 3 rings (SSSR count). The number of aryl methyl sites for hydroxylation is 2. The molecule has 2 unspecified atom stereocenters. The third-order valence-corrected chi connectivity index (χ3v) is 4.48. The van der Waals surface area contributed by atoms with Crippen LogP contribution in [0.25, 0.3) is 11.0 Å². The zero-order valence-electron chi connectivity index (χ0n) is 12.2. The Kier molecular flexibility index (Phi) is 3.46. The molecule has 1 N–H and O–H groups in total. The number of fused-ring (bicyclic) bond motifs is 1. The summed E-state index contributed by atoms with van der Waals surface area (Å²) in [4.78, 5) is 7.62. The lowest BCUT2D eigenvalue weighted by atomic mass is 9.78. The SMILES string of the molecule is Cc1cc(C)c2nc(C3CCCCC3C(F)(F)F)[nH]c2c1. The smallest absolute Gasteiger partial charge is 0.342 e. The van der Waals surface area contributed by atoms with Gasteiger partial charge in [0.15, 0.2) is 0 Å². The Morgan fingerprint density at radius 2 is 1.86 bits per heavy atom. The highest BCUT2D eigenvalue weighted by molar-refractivity contribution is 5.79. The fraction of sp³-hybridized carbons (Fsp3) is 0.562. The second kappa shape index (κ2) is 5.04. The summed E-state index contributed by atoms with van der Waals surface area (Å²) in [5.41, 5.74) is 3.73. The molecule has 21 heavy (non-hydrogen) atoms. The highest BCUT2D eigenvalue weighted by Gasteiger charge is 2.46. The molecule has 0 radical (unpaired) electrons. The molecule has 2 atom stereocenters. The topological polar surface area (TPSA) is 28.7 Å². The maximum absolute atomic E-state index is 13.2. The van der Waals surface area contributed by atoms with Gasteiger partial charge in [-0.25, -0.2) is 4.98 Å². The van der Waals surface area contributed by atoms with Crippen LogP contribution in [0.4, 0.5) is 13.2 Å². The standard InChI is InChI=1S/C16H19F3N2/c1-9-7-10(2)14-13(8-9)20-15(21-14)11-5-3-4-6-12(11)16(17,18)19/h7-8,11-12H,3-6H2,1-2H3,(H,20,21). The molecule has 0 bridgehead atoms. The number of hydrogen-bond donors (Lipinski definition) is 1. The van der Waals surface area contributed by atoms with E-state index < -0.39 is 18.0 Å². The van der Waals surface area contributed by atoms with Gasteiger partial charge in [-0.3, -0.25) is 0 Å². The predicted molar refractivity (Wildman–Crippen MR) is 76.3 cm³/mol. The van der Waals surface area contributed by atoms with Gasteiger partial charge in [-0.15, -0.1) is 0 Å². The van der Waals surface area contributed by atoms with E-state index in [0.717, 1.165) is 28.6 Å². The average Bonchev–Trinajstić information content (AvgIpc) is 2.81. The Hall–Kier alpha value is -1.52. The second-order valence-corrected chi connectivity index (χ2v) is 6.14. The normalized spacial score (nSPS) is 23.7. The van der Waals surface area contributed by atoms with Gasteiger partial charge in [-0.05, 0) is 43.9 Å². The summed E-state index contributed by atoms with van der Waals surface area (Å²) in [7, 11) is 0. The van der Waals surface area contributed by atoms with Gasteiger partial charge in [-0.2, -0.15) is 13.2 Å². The van der Waals surface area contributed by atoms with Crippen LogP contribution < -0.4 is 0 Å². The van der Waals surface area contributed by atoms with E-state index in [0.29, 0.717) is 18.7 Å². The van der Waals surface area contributed by atoms with Crippen LogP contribution in [0, 0.1) is 19.8 Å². The van der Waals surface area contributed by atoms with Crippen molar-refractivity contribution < 1.29 is 13.2 Å². The molecule has 1 aliphatic carbocycles. The molecule has 1 heterocycles. The number of aromatic amines is 1. The quantitative estimate of drug-likeness (QED) is 0.786. The van der Waals surface area contributed by atoms with Crippen LogP contribution in [0.5, 0.6) is 0 Å². The van der Waals surface area contributed by atoms with Crippen LogP contribution in [-0.2, 0) is 0 Å². The molecular weight excluding hydrogens is 277 g/mol. The molecule has 1 aromatic heterocycles. The van der Waals surface area contributed by atoms with Crippen LogP contribution in [0.1, 0.15) is 48.6 Å². The number of benzene rings is 1. The minimum Gasteiger partial charge on any atom is -0.342 e. The minimum absolute atomic E-state index is 0.212. The predicted octanol–water partition coefficient (Wildman–Crippen LogP) is 5.02. The van der Waals surface area contributed by atoms with E-state index in [-0.39, 0.29) is 6.42 Å². The first-order chi connectivity index (χ1) is 9.86. The molecule has 5 heteroatoms. The van der Waals surface area contributed by atoms with Crippen molar-refractivity contribution in [3.63, 3.8) is 0 Å². The molecule has 2 nitrogen and oxygen atoms in total. The second-order valence-electron chi connectivity index (χ2n) is 6.14. The van der Waals surface area contributed by atoms with Gasteiger partial charge in [0.2, 0.25) is 0 Å². The molecule has 1 aliphatic rings. The van der Waals surface area contributed by atoms with Gasteiger partial charge >= 0.3 is 6.18 Å². The van der Waals surface area contributed by atoms with Crippen LogP contribution in [0.2, 0.25) is 0 Å². The maximum Gasteiger partial charge on any atom is 0.392 e. The molecule has 0 saturated heterocycles. The van der Waals surface area contributed by atoms with Crippen LogP contribution in [-0.4, -0.2) is 16.1 Å². The molecular formula is C16H19F3N2. The van der Waals surface area contributed by atoms with E-state index in [9.17, 15) is 13.2 Å². The number of alkyl halides is 3. The number of nitrogens with one attached hydrogen (secondary N) is 1. The van der Waals surface area contributed by atoms with Gasteiger partial charge in [-0.1, -0.05) is 18.9 Å². The van der Waals surface area contributed by atoms with Crippen molar-refractivity contribution in [1.82, 2.24) is 9.97 Å². The minimum atomic E-state index is -4.14. The van der Waals surface area contributed by atoms with Crippen molar-refractivity contribution in [3.8, 4) is 0 Å². The molecule has 0 amide bonds. The molecule has 0 aliphatic heterocycles. The Morgan fingerprint density at radius 1 is 1.14 bits per heavy atom. The van der Waals surface area contributed by atoms with E-state index in [1.807, 2.05) is 26.0 Å². The largest absolute Gasteiger partial charge is 0.392 e. The molecule has 0 spiro atoms. The van der Waals surface area contributed by atoms with Crippen LogP contribution >= 0.6 is 0 Å². The monoisotopic (exact) mass is 296 g/mol. The average molecular weight is 296 g/mol. The van der Waals surface area contributed by atoms with E-state index >= 15 is 0 Å².